The van der Waals surface area contributed by atoms with Crippen molar-refractivity contribution in [3.8, 4) is 11.3 Å². The van der Waals surface area contributed by atoms with Crippen molar-refractivity contribution in [3.05, 3.63) is 77.8 Å². The summed E-state index contributed by atoms with van der Waals surface area (Å²) >= 11 is 0. The van der Waals surface area contributed by atoms with Gasteiger partial charge in [-0.05, 0) is 48.5 Å². The van der Waals surface area contributed by atoms with Crippen LogP contribution in [0.25, 0.3) is 11.3 Å². The minimum absolute atomic E-state index is 0.186. The molecule has 0 fully saturated rings. The number of esters is 1. The maximum Gasteiger partial charge on any atom is 0.339 e. The molecular formula is C21H18FNO4. The zero-order chi connectivity index (χ0) is 19.2. The van der Waals surface area contributed by atoms with Gasteiger partial charge in [0.25, 0.3) is 0 Å². The molecule has 2 aromatic carbocycles. The van der Waals surface area contributed by atoms with E-state index in [1.165, 1.54) is 19.2 Å². The summed E-state index contributed by atoms with van der Waals surface area (Å²) in [5.41, 5.74) is 1.46. The summed E-state index contributed by atoms with van der Waals surface area (Å²) in [5.74, 6) is 0.188. The minimum atomic E-state index is -0.513. The fraction of sp³-hybridized carbons (Fsp3) is 0.143. The van der Waals surface area contributed by atoms with Gasteiger partial charge < -0.3 is 14.5 Å². The Morgan fingerprint density at radius 3 is 2.52 bits per heavy atom. The Balaban J connectivity index is 1.60. The van der Waals surface area contributed by atoms with Crippen LogP contribution >= 0.6 is 0 Å². The topological polar surface area (TPSA) is 68.5 Å². The Labute approximate surface area is 155 Å². The molecule has 0 aliphatic carbocycles. The quantitative estimate of drug-likeness (QED) is 0.654. The molecule has 0 unspecified atom stereocenters. The normalized spacial score (nSPS) is 10.4. The molecular weight excluding hydrogens is 349 g/mol. The van der Waals surface area contributed by atoms with E-state index < -0.39 is 5.97 Å². The van der Waals surface area contributed by atoms with Crippen molar-refractivity contribution in [3.63, 3.8) is 0 Å². The molecule has 1 N–H and O–H groups in total. The number of para-hydroxylation sites is 1. The highest BCUT2D eigenvalue weighted by Gasteiger charge is 2.14. The fourth-order valence-corrected chi connectivity index (χ4v) is 2.61. The molecule has 0 radical (unpaired) electrons. The van der Waals surface area contributed by atoms with E-state index in [1.54, 1.807) is 48.5 Å². The number of ether oxygens (including phenoxy) is 1. The van der Waals surface area contributed by atoms with Crippen molar-refractivity contribution in [2.45, 2.75) is 12.8 Å². The van der Waals surface area contributed by atoms with Gasteiger partial charge in [-0.2, -0.15) is 0 Å². The van der Waals surface area contributed by atoms with Crippen LogP contribution in [0.15, 0.2) is 65.1 Å². The Kier molecular flexibility index (Phi) is 5.66. The number of amides is 1. The molecule has 0 aliphatic rings. The molecule has 0 bridgehead atoms. The number of rotatable bonds is 6. The molecule has 1 aromatic heterocycles. The van der Waals surface area contributed by atoms with Gasteiger partial charge in [0.05, 0.1) is 18.4 Å². The number of methoxy groups -OCH3 is 1. The van der Waals surface area contributed by atoms with Gasteiger partial charge in [-0.25, -0.2) is 9.18 Å². The summed E-state index contributed by atoms with van der Waals surface area (Å²) in [6.07, 6.45) is 0.583. The third-order valence-electron chi connectivity index (χ3n) is 4.00. The van der Waals surface area contributed by atoms with Crippen LogP contribution in [0.1, 0.15) is 22.5 Å². The van der Waals surface area contributed by atoms with Gasteiger partial charge in [0.15, 0.2) is 0 Å². The van der Waals surface area contributed by atoms with Crippen molar-refractivity contribution >= 4 is 17.6 Å². The van der Waals surface area contributed by atoms with Crippen LogP contribution < -0.4 is 5.32 Å². The number of furan rings is 1. The van der Waals surface area contributed by atoms with Crippen LogP contribution in [0.4, 0.5) is 10.1 Å². The number of anilines is 1. The zero-order valence-corrected chi connectivity index (χ0v) is 14.7. The maximum atomic E-state index is 13.0. The number of benzene rings is 2. The average molecular weight is 367 g/mol. The first-order valence-corrected chi connectivity index (χ1v) is 8.38. The second-order valence-electron chi connectivity index (χ2n) is 5.86. The molecule has 0 saturated carbocycles. The average Bonchev–Trinajstić information content (AvgIpc) is 3.16. The maximum absolute atomic E-state index is 13.0. The summed E-state index contributed by atoms with van der Waals surface area (Å²) in [6, 6.07) is 16.2. The monoisotopic (exact) mass is 367 g/mol. The predicted molar refractivity (Wildman–Crippen MR) is 98.8 cm³/mol. The number of carbonyl (C=O) groups excluding carboxylic acids is 2. The lowest BCUT2D eigenvalue weighted by molar-refractivity contribution is -0.116. The molecule has 0 atom stereocenters. The Bertz CT molecular complexity index is 947. The van der Waals surface area contributed by atoms with Crippen LogP contribution in [0.5, 0.6) is 0 Å². The molecule has 0 saturated heterocycles. The molecule has 6 heteroatoms. The van der Waals surface area contributed by atoms with Crippen LogP contribution in [0.3, 0.4) is 0 Å². The highest BCUT2D eigenvalue weighted by molar-refractivity contribution is 6.01. The van der Waals surface area contributed by atoms with E-state index in [0.29, 0.717) is 29.2 Å². The minimum Gasteiger partial charge on any atom is -0.465 e. The van der Waals surface area contributed by atoms with Crippen LogP contribution in [0.2, 0.25) is 0 Å². The van der Waals surface area contributed by atoms with Gasteiger partial charge in [-0.3, -0.25) is 4.79 Å². The molecule has 5 nitrogen and oxygen atoms in total. The Morgan fingerprint density at radius 2 is 1.78 bits per heavy atom. The molecule has 1 heterocycles. The third kappa shape index (κ3) is 4.61. The molecule has 3 rings (SSSR count). The van der Waals surface area contributed by atoms with Crippen molar-refractivity contribution in [2.24, 2.45) is 0 Å². The van der Waals surface area contributed by atoms with E-state index in [0.717, 1.165) is 5.56 Å². The molecule has 0 spiro atoms. The summed E-state index contributed by atoms with van der Waals surface area (Å²) < 4.78 is 23.4. The smallest absolute Gasteiger partial charge is 0.339 e. The Morgan fingerprint density at radius 1 is 1.04 bits per heavy atom. The third-order valence-corrected chi connectivity index (χ3v) is 4.00. The van der Waals surface area contributed by atoms with Crippen molar-refractivity contribution in [2.75, 3.05) is 12.4 Å². The van der Waals surface area contributed by atoms with Crippen molar-refractivity contribution in [1.82, 2.24) is 0 Å². The Hall–Kier alpha value is -3.41. The molecule has 0 aliphatic heterocycles. The van der Waals surface area contributed by atoms with E-state index >= 15 is 0 Å². The highest BCUT2D eigenvalue weighted by atomic mass is 19.1. The van der Waals surface area contributed by atoms with E-state index in [2.05, 4.69) is 5.32 Å². The van der Waals surface area contributed by atoms with E-state index in [-0.39, 0.29) is 18.1 Å². The van der Waals surface area contributed by atoms with E-state index in [9.17, 15) is 14.0 Å². The van der Waals surface area contributed by atoms with Crippen LogP contribution in [0, 0.1) is 5.82 Å². The fourth-order valence-electron chi connectivity index (χ4n) is 2.61. The zero-order valence-electron chi connectivity index (χ0n) is 14.7. The lowest BCUT2D eigenvalue weighted by Crippen LogP contribution is -2.15. The summed E-state index contributed by atoms with van der Waals surface area (Å²) in [7, 11) is 1.29. The largest absolute Gasteiger partial charge is 0.465 e. The number of hydrogen-bond acceptors (Lipinski definition) is 4. The summed E-state index contributed by atoms with van der Waals surface area (Å²) in [4.78, 5) is 24.0. The number of nitrogens with one attached hydrogen (secondary N) is 1. The first-order valence-electron chi connectivity index (χ1n) is 8.38. The second-order valence-corrected chi connectivity index (χ2v) is 5.86. The summed E-state index contributed by atoms with van der Waals surface area (Å²) in [5, 5.41) is 2.72. The highest BCUT2D eigenvalue weighted by Crippen LogP contribution is 2.23. The van der Waals surface area contributed by atoms with E-state index in [4.69, 9.17) is 9.15 Å². The van der Waals surface area contributed by atoms with Crippen LogP contribution in [-0.4, -0.2) is 19.0 Å². The number of hydrogen-bond donors (Lipinski definition) is 1. The second kappa shape index (κ2) is 8.31. The number of aryl methyl sites for hydroxylation is 1. The van der Waals surface area contributed by atoms with E-state index in [1.807, 2.05) is 0 Å². The first kappa shape index (κ1) is 18.4. The standard InChI is InChI=1S/C21H18FNO4/c1-26-21(25)17-4-2-3-5-18(17)23-20(24)13-11-16-10-12-19(27-16)14-6-8-15(22)9-7-14/h2-10,12H,11,13H2,1H3,(H,23,24). The van der Waals surface area contributed by atoms with Crippen molar-refractivity contribution < 1.29 is 23.1 Å². The van der Waals surface area contributed by atoms with Crippen LogP contribution in [-0.2, 0) is 16.0 Å². The molecule has 27 heavy (non-hydrogen) atoms. The molecule has 1 amide bonds. The van der Waals surface area contributed by atoms with Gasteiger partial charge >= 0.3 is 5.97 Å². The number of carbonyl (C=O) groups is 2. The van der Waals surface area contributed by atoms with Crippen molar-refractivity contribution in [1.29, 1.82) is 0 Å². The van der Waals surface area contributed by atoms with Gasteiger partial charge in [0, 0.05) is 18.4 Å². The lowest BCUT2D eigenvalue weighted by atomic mass is 10.1. The SMILES string of the molecule is COC(=O)c1ccccc1NC(=O)CCc1ccc(-c2ccc(F)cc2)o1. The molecule has 3 aromatic rings. The lowest BCUT2D eigenvalue weighted by Gasteiger charge is -2.09. The van der Waals surface area contributed by atoms with Gasteiger partial charge in [0.1, 0.15) is 17.3 Å². The molecule has 138 valence electrons. The predicted octanol–water partition coefficient (Wildman–Crippen LogP) is 4.44. The van der Waals surface area contributed by atoms with Gasteiger partial charge in [-0.1, -0.05) is 12.1 Å². The van der Waals surface area contributed by atoms with Gasteiger partial charge in [0.2, 0.25) is 5.91 Å². The number of halogens is 1. The first-order chi connectivity index (χ1) is 13.1. The summed E-state index contributed by atoms with van der Waals surface area (Å²) in [6.45, 7) is 0. The van der Waals surface area contributed by atoms with Gasteiger partial charge in [-0.15, -0.1) is 0 Å².